The summed E-state index contributed by atoms with van der Waals surface area (Å²) in [5.41, 5.74) is 2.43. The summed E-state index contributed by atoms with van der Waals surface area (Å²) < 4.78 is 11.4. The number of phenolic OH excluding ortho intramolecular Hbond substituents is 1. The average Bonchev–Trinajstić information content (AvgIpc) is 2.99. The second-order valence-corrected chi connectivity index (χ2v) is 5.96. The highest BCUT2D eigenvalue weighted by Gasteiger charge is 2.27. The molecular formula is C18H15NO3. The molecule has 5 rings (SSSR count). The number of fused-ring (bicyclic) bond motifs is 4. The van der Waals surface area contributed by atoms with Crippen LogP contribution in [0.4, 0.5) is 5.69 Å². The van der Waals surface area contributed by atoms with Crippen LogP contribution in [0.3, 0.4) is 0 Å². The fourth-order valence-electron chi connectivity index (χ4n) is 3.68. The second-order valence-electron chi connectivity index (χ2n) is 5.96. The molecule has 0 amide bonds. The first-order valence-corrected chi connectivity index (χ1v) is 7.45. The van der Waals surface area contributed by atoms with Gasteiger partial charge >= 0.3 is 0 Å². The van der Waals surface area contributed by atoms with Gasteiger partial charge in [0.2, 0.25) is 6.79 Å². The minimum atomic E-state index is 0.258. The lowest BCUT2D eigenvalue weighted by atomic mass is 9.91. The van der Waals surface area contributed by atoms with E-state index in [2.05, 4.69) is 24.1 Å². The van der Waals surface area contributed by atoms with Crippen LogP contribution >= 0.6 is 0 Å². The van der Waals surface area contributed by atoms with Crippen molar-refractivity contribution in [2.75, 3.05) is 25.3 Å². The Morgan fingerprint density at radius 3 is 2.91 bits per heavy atom. The molecule has 0 aliphatic carbocycles. The molecule has 0 bridgehead atoms. The van der Waals surface area contributed by atoms with E-state index >= 15 is 0 Å². The molecule has 3 aromatic rings. The van der Waals surface area contributed by atoms with Crippen molar-refractivity contribution in [3.05, 3.63) is 35.9 Å². The molecule has 0 unspecified atom stereocenters. The number of benzene rings is 3. The Morgan fingerprint density at radius 2 is 2.00 bits per heavy atom. The van der Waals surface area contributed by atoms with Crippen LogP contribution in [-0.4, -0.2) is 25.5 Å². The summed E-state index contributed by atoms with van der Waals surface area (Å²) in [5.74, 6) is 1.91. The number of anilines is 1. The molecule has 0 fully saturated rings. The largest absolute Gasteiger partial charge is 0.507 e. The van der Waals surface area contributed by atoms with Crippen molar-refractivity contribution >= 4 is 27.2 Å². The second kappa shape index (κ2) is 3.97. The van der Waals surface area contributed by atoms with E-state index in [1.807, 2.05) is 12.1 Å². The van der Waals surface area contributed by atoms with Crippen molar-refractivity contribution in [1.29, 1.82) is 0 Å². The highest BCUT2D eigenvalue weighted by Crippen LogP contribution is 2.49. The summed E-state index contributed by atoms with van der Waals surface area (Å²) in [5, 5.41) is 14.4. The smallest absolute Gasteiger partial charge is 0.231 e. The van der Waals surface area contributed by atoms with Gasteiger partial charge in [-0.2, -0.15) is 0 Å². The summed E-state index contributed by atoms with van der Waals surface area (Å²) in [6.07, 6.45) is 0.987. The molecule has 0 radical (unpaired) electrons. The molecule has 0 aromatic heterocycles. The molecule has 22 heavy (non-hydrogen) atoms. The first-order chi connectivity index (χ1) is 10.7. The van der Waals surface area contributed by atoms with E-state index in [0.717, 1.165) is 46.3 Å². The van der Waals surface area contributed by atoms with Gasteiger partial charge in [-0.15, -0.1) is 0 Å². The fraction of sp³-hybridized carbons (Fsp3) is 0.222. The number of aromatic hydroxyl groups is 1. The Morgan fingerprint density at radius 1 is 1.09 bits per heavy atom. The molecule has 0 saturated carbocycles. The lowest BCUT2D eigenvalue weighted by molar-refractivity contribution is 0.175. The number of likely N-dealkylation sites (N-methyl/N-ethyl adjacent to an activating group) is 1. The summed E-state index contributed by atoms with van der Waals surface area (Å²) in [7, 11) is 2.09. The van der Waals surface area contributed by atoms with Crippen LogP contribution in [-0.2, 0) is 6.42 Å². The molecule has 1 N–H and O–H groups in total. The van der Waals surface area contributed by atoms with Crippen LogP contribution in [0.1, 0.15) is 5.56 Å². The highest BCUT2D eigenvalue weighted by atomic mass is 16.7. The fourth-order valence-corrected chi connectivity index (χ4v) is 3.68. The zero-order chi connectivity index (χ0) is 14.8. The lowest BCUT2D eigenvalue weighted by Crippen LogP contribution is -2.24. The minimum Gasteiger partial charge on any atom is -0.507 e. The van der Waals surface area contributed by atoms with Crippen LogP contribution in [0.5, 0.6) is 17.2 Å². The summed E-state index contributed by atoms with van der Waals surface area (Å²) in [6.45, 7) is 1.22. The van der Waals surface area contributed by atoms with Gasteiger partial charge in [0, 0.05) is 35.4 Å². The van der Waals surface area contributed by atoms with Crippen molar-refractivity contribution in [1.82, 2.24) is 0 Å². The van der Waals surface area contributed by atoms with Gasteiger partial charge in [0.25, 0.3) is 0 Å². The minimum absolute atomic E-state index is 0.258. The Labute approximate surface area is 127 Å². The molecule has 0 spiro atoms. The first kappa shape index (κ1) is 12.0. The normalized spacial score (nSPS) is 15.8. The van der Waals surface area contributed by atoms with Crippen LogP contribution in [0.2, 0.25) is 0 Å². The number of phenols is 1. The van der Waals surface area contributed by atoms with Crippen LogP contribution in [0.25, 0.3) is 21.5 Å². The van der Waals surface area contributed by atoms with Gasteiger partial charge < -0.3 is 19.5 Å². The third-order valence-electron chi connectivity index (χ3n) is 4.76. The maximum Gasteiger partial charge on any atom is 0.231 e. The average molecular weight is 293 g/mol. The zero-order valence-corrected chi connectivity index (χ0v) is 12.2. The maximum absolute atomic E-state index is 10.3. The van der Waals surface area contributed by atoms with Crippen molar-refractivity contribution in [3.8, 4) is 17.2 Å². The number of ether oxygens (including phenoxy) is 2. The highest BCUT2D eigenvalue weighted by molar-refractivity contribution is 6.19. The number of hydrogen-bond donors (Lipinski definition) is 1. The van der Waals surface area contributed by atoms with Gasteiger partial charge in [-0.3, -0.25) is 0 Å². The van der Waals surface area contributed by atoms with Crippen molar-refractivity contribution in [2.45, 2.75) is 6.42 Å². The SMILES string of the molecule is CN1CCc2cc3c(c4c2c1cc1c(O)cccc14)OCO3. The Kier molecular flexibility index (Phi) is 2.16. The molecule has 2 aliphatic heterocycles. The van der Waals surface area contributed by atoms with Gasteiger partial charge in [-0.1, -0.05) is 12.1 Å². The molecule has 2 heterocycles. The van der Waals surface area contributed by atoms with Crippen LogP contribution < -0.4 is 14.4 Å². The van der Waals surface area contributed by atoms with Gasteiger partial charge in [0.1, 0.15) is 5.75 Å². The molecule has 2 aliphatic rings. The Hall–Kier alpha value is -2.62. The van der Waals surface area contributed by atoms with E-state index in [4.69, 9.17) is 9.47 Å². The molecule has 3 aromatic carbocycles. The van der Waals surface area contributed by atoms with Crippen molar-refractivity contribution in [2.24, 2.45) is 0 Å². The summed E-state index contributed by atoms with van der Waals surface area (Å²) in [6, 6.07) is 9.83. The number of hydrogen-bond acceptors (Lipinski definition) is 4. The molecule has 0 atom stereocenters. The maximum atomic E-state index is 10.3. The van der Waals surface area contributed by atoms with Gasteiger partial charge in [-0.05, 0) is 35.6 Å². The third-order valence-corrected chi connectivity index (χ3v) is 4.76. The van der Waals surface area contributed by atoms with E-state index in [1.54, 1.807) is 6.07 Å². The van der Waals surface area contributed by atoms with Crippen molar-refractivity contribution in [3.63, 3.8) is 0 Å². The topological polar surface area (TPSA) is 41.9 Å². The van der Waals surface area contributed by atoms with Crippen molar-refractivity contribution < 1.29 is 14.6 Å². The number of rotatable bonds is 0. The monoisotopic (exact) mass is 293 g/mol. The van der Waals surface area contributed by atoms with E-state index < -0.39 is 0 Å². The predicted molar refractivity (Wildman–Crippen MR) is 86.2 cm³/mol. The predicted octanol–water partition coefficient (Wildman–Crippen LogP) is 3.42. The summed E-state index contributed by atoms with van der Waals surface area (Å²) in [4.78, 5) is 2.24. The molecule has 110 valence electrons. The van der Waals surface area contributed by atoms with Gasteiger partial charge in [0.15, 0.2) is 11.5 Å². The summed E-state index contributed by atoms with van der Waals surface area (Å²) >= 11 is 0. The first-order valence-electron chi connectivity index (χ1n) is 7.45. The van der Waals surface area contributed by atoms with E-state index in [-0.39, 0.29) is 6.79 Å². The third kappa shape index (κ3) is 1.37. The number of nitrogens with zero attached hydrogens (tertiary/aromatic N) is 1. The van der Waals surface area contributed by atoms with E-state index in [9.17, 15) is 5.11 Å². The molecule has 4 nitrogen and oxygen atoms in total. The zero-order valence-electron chi connectivity index (χ0n) is 12.2. The van der Waals surface area contributed by atoms with E-state index in [1.165, 1.54) is 10.9 Å². The quantitative estimate of drug-likeness (QED) is 0.645. The van der Waals surface area contributed by atoms with Crippen LogP contribution in [0, 0.1) is 0 Å². The Bertz CT molecular complexity index is 948. The molecular weight excluding hydrogens is 278 g/mol. The lowest BCUT2D eigenvalue weighted by Gasteiger charge is -2.29. The van der Waals surface area contributed by atoms with Gasteiger partial charge in [0.05, 0.1) is 0 Å². The van der Waals surface area contributed by atoms with E-state index in [0.29, 0.717) is 5.75 Å². The van der Waals surface area contributed by atoms with Gasteiger partial charge in [-0.25, -0.2) is 0 Å². The van der Waals surface area contributed by atoms with Crippen LogP contribution in [0.15, 0.2) is 30.3 Å². The Balaban J connectivity index is 2.09. The standard InChI is InChI=1S/C18H15NO3/c1-19-6-5-10-7-15-18(22-9-21-15)17-11-3-2-4-14(20)12(11)8-13(19)16(10)17/h2-4,7-8,20H,5-6,9H2,1H3. The molecule has 4 heteroatoms. The molecule has 0 saturated heterocycles.